The van der Waals surface area contributed by atoms with Crippen molar-refractivity contribution in [2.45, 2.75) is 38.1 Å². The molecule has 1 saturated heterocycles. The molecule has 0 spiro atoms. The van der Waals surface area contributed by atoms with Gasteiger partial charge in [0.2, 0.25) is 0 Å². The zero-order valence-corrected chi connectivity index (χ0v) is 15.2. The van der Waals surface area contributed by atoms with Crippen LogP contribution in [0.2, 0.25) is 5.02 Å². The number of piperidine rings is 1. The molecule has 0 radical (unpaired) electrons. The third-order valence-electron chi connectivity index (χ3n) is 5.28. The van der Waals surface area contributed by atoms with E-state index in [9.17, 15) is 5.11 Å². The van der Waals surface area contributed by atoms with E-state index in [1.165, 1.54) is 19.3 Å². The maximum Gasteiger partial charge on any atom is 0.0781 e. The molecule has 0 bridgehead atoms. The Morgan fingerprint density at radius 1 is 1.32 bits per heavy atom. The minimum Gasteiger partial charge on any atom is -0.396 e. The molecule has 2 aliphatic rings. The molecule has 1 aromatic rings. The van der Waals surface area contributed by atoms with Gasteiger partial charge in [0.25, 0.3) is 0 Å². The summed E-state index contributed by atoms with van der Waals surface area (Å²) < 4.78 is 0.960. The number of halogens is 2. The van der Waals surface area contributed by atoms with Gasteiger partial charge in [-0.25, -0.2) is 0 Å². The van der Waals surface area contributed by atoms with E-state index in [1.807, 2.05) is 12.1 Å². The smallest absolute Gasteiger partial charge is 0.0781 e. The lowest BCUT2D eigenvalue weighted by Crippen LogP contribution is -2.49. The van der Waals surface area contributed by atoms with Crippen LogP contribution in [-0.4, -0.2) is 37.4 Å². The number of nitrogens with zero attached hydrogens (tertiary/aromatic N) is 1. The fraction of sp³-hybridized carbons (Fsp3) is 0.647. The molecule has 3 nitrogen and oxygen atoms in total. The van der Waals surface area contributed by atoms with Crippen molar-refractivity contribution >= 4 is 33.2 Å². The Bertz CT molecular complexity index is 508. The molecule has 1 aliphatic carbocycles. The van der Waals surface area contributed by atoms with E-state index in [0.29, 0.717) is 12.6 Å². The maximum atomic E-state index is 9.55. The van der Waals surface area contributed by atoms with Gasteiger partial charge in [-0.05, 0) is 53.7 Å². The summed E-state index contributed by atoms with van der Waals surface area (Å²) >= 11 is 9.90. The number of hydrogen-bond acceptors (Lipinski definition) is 3. The highest BCUT2D eigenvalue weighted by Crippen LogP contribution is 2.40. The van der Waals surface area contributed by atoms with E-state index in [-0.39, 0.29) is 5.41 Å². The van der Waals surface area contributed by atoms with Crippen molar-refractivity contribution in [1.29, 1.82) is 0 Å². The van der Waals surface area contributed by atoms with Gasteiger partial charge >= 0.3 is 0 Å². The molecular formula is C17H24BrClN2O. The van der Waals surface area contributed by atoms with Gasteiger partial charge in [0.05, 0.1) is 10.7 Å². The van der Waals surface area contributed by atoms with Crippen molar-refractivity contribution < 1.29 is 5.11 Å². The highest BCUT2D eigenvalue weighted by atomic mass is 79.9. The van der Waals surface area contributed by atoms with Crippen molar-refractivity contribution in [3.63, 3.8) is 0 Å². The molecule has 122 valence electrons. The lowest BCUT2D eigenvalue weighted by atomic mass is 9.69. The van der Waals surface area contributed by atoms with Gasteiger partial charge in [0.15, 0.2) is 0 Å². The number of hydrogen-bond donors (Lipinski definition) is 2. The minimum absolute atomic E-state index is 0.171. The predicted molar refractivity (Wildman–Crippen MR) is 95.8 cm³/mol. The van der Waals surface area contributed by atoms with E-state index < -0.39 is 0 Å². The van der Waals surface area contributed by atoms with Gasteiger partial charge < -0.3 is 15.3 Å². The number of aliphatic hydroxyl groups excluding tert-OH is 1. The molecule has 22 heavy (non-hydrogen) atoms. The molecule has 5 heteroatoms. The number of benzene rings is 1. The third kappa shape index (κ3) is 3.45. The number of rotatable bonds is 5. The van der Waals surface area contributed by atoms with Crippen LogP contribution in [0.5, 0.6) is 0 Å². The van der Waals surface area contributed by atoms with Crippen molar-refractivity contribution in [1.82, 2.24) is 5.32 Å². The molecule has 3 rings (SSSR count). The van der Waals surface area contributed by atoms with Crippen LogP contribution in [0.15, 0.2) is 22.7 Å². The Morgan fingerprint density at radius 3 is 2.64 bits per heavy atom. The number of nitrogens with one attached hydrogen (secondary N) is 1. The van der Waals surface area contributed by atoms with Crippen molar-refractivity contribution in [3.8, 4) is 0 Å². The summed E-state index contributed by atoms with van der Waals surface area (Å²) in [6, 6.07) is 6.67. The summed E-state index contributed by atoms with van der Waals surface area (Å²) in [4.78, 5) is 2.37. The van der Waals surface area contributed by atoms with Crippen LogP contribution in [0.3, 0.4) is 0 Å². The van der Waals surface area contributed by atoms with Crippen molar-refractivity contribution in [2.24, 2.45) is 5.41 Å². The number of anilines is 1. The van der Waals surface area contributed by atoms with Crippen LogP contribution in [0.4, 0.5) is 5.69 Å². The summed E-state index contributed by atoms with van der Waals surface area (Å²) in [7, 11) is 0. The van der Waals surface area contributed by atoms with E-state index in [1.54, 1.807) is 0 Å². The second-order valence-electron chi connectivity index (χ2n) is 6.73. The monoisotopic (exact) mass is 386 g/mol. The van der Waals surface area contributed by atoms with Gasteiger partial charge in [-0.1, -0.05) is 24.1 Å². The molecule has 0 aromatic heterocycles. The average molecular weight is 388 g/mol. The topological polar surface area (TPSA) is 35.5 Å². The molecule has 2 N–H and O–H groups in total. The van der Waals surface area contributed by atoms with Gasteiger partial charge in [-0.3, -0.25) is 0 Å². The zero-order valence-electron chi connectivity index (χ0n) is 12.8. The van der Waals surface area contributed by atoms with Gasteiger partial charge in [-0.15, -0.1) is 0 Å². The van der Waals surface area contributed by atoms with Crippen LogP contribution in [0, 0.1) is 5.41 Å². The third-order valence-corrected chi connectivity index (χ3v) is 6.57. The summed E-state index contributed by atoms with van der Waals surface area (Å²) in [6.07, 6.45) is 5.86. The van der Waals surface area contributed by atoms with Crippen molar-refractivity contribution in [2.75, 3.05) is 31.1 Å². The Kier molecular flexibility index (Phi) is 5.33. The maximum absolute atomic E-state index is 9.55. The number of aliphatic hydroxyl groups is 1. The predicted octanol–water partition coefficient (Wildman–Crippen LogP) is 3.82. The molecule has 1 heterocycles. The fourth-order valence-electron chi connectivity index (χ4n) is 3.49. The highest BCUT2D eigenvalue weighted by molar-refractivity contribution is 9.10. The molecule has 1 aromatic carbocycles. The Hall–Kier alpha value is -0.290. The summed E-state index contributed by atoms with van der Waals surface area (Å²) in [6.45, 7) is 3.35. The first-order valence-corrected chi connectivity index (χ1v) is 9.34. The van der Waals surface area contributed by atoms with Crippen LogP contribution < -0.4 is 10.2 Å². The average Bonchev–Trinajstić information content (AvgIpc) is 2.50. The summed E-state index contributed by atoms with van der Waals surface area (Å²) in [5.41, 5.74) is 1.30. The minimum atomic E-state index is 0.171. The van der Waals surface area contributed by atoms with E-state index in [2.05, 4.69) is 32.2 Å². The molecule has 2 fully saturated rings. The standard InChI is InChI=1S/C17H24BrClN2O/c18-14-3-1-4-15(16(14)19)21-9-5-13(6-10-21)20-11-17(12-22)7-2-8-17/h1,3-4,13,20,22H,2,5-12H2. The Balaban J connectivity index is 1.51. The molecule has 0 atom stereocenters. The molecule has 1 aliphatic heterocycles. The second-order valence-corrected chi connectivity index (χ2v) is 7.96. The van der Waals surface area contributed by atoms with Gasteiger partial charge in [0, 0.05) is 42.2 Å². The fourth-order valence-corrected chi connectivity index (χ4v) is 4.09. The normalized spacial score (nSPS) is 21.7. The van der Waals surface area contributed by atoms with Crippen LogP contribution in [-0.2, 0) is 0 Å². The molecule has 0 amide bonds. The first kappa shape index (κ1) is 16.6. The molecular weight excluding hydrogens is 364 g/mol. The largest absolute Gasteiger partial charge is 0.396 e. The molecule has 0 unspecified atom stereocenters. The molecule has 1 saturated carbocycles. The zero-order chi connectivity index (χ0) is 15.6. The van der Waals surface area contributed by atoms with Crippen LogP contribution in [0.25, 0.3) is 0 Å². The van der Waals surface area contributed by atoms with Crippen molar-refractivity contribution in [3.05, 3.63) is 27.7 Å². The van der Waals surface area contributed by atoms with E-state index >= 15 is 0 Å². The van der Waals surface area contributed by atoms with Gasteiger partial charge in [0.1, 0.15) is 0 Å². The first-order chi connectivity index (χ1) is 10.6. The highest BCUT2D eigenvalue weighted by Gasteiger charge is 2.36. The van der Waals surface area contributed by atoms with Crippen LogP contribution >= 0.6 is 27.5 Å². The lowest BCUT2D eigenvalue weighted by molar-refractivity contribution is 0.0412. The summed E-state index contributed by atoms with van der Waals surface area (Å²) in [5.74, 6) is 0. The first-order valence-electron chi connectivity index (χ1n) is 8.17. The summed E-state index contributed by atoms with van der Waals surface area (Å²) in [5, 5.41) is 14.0. The van der Waals surface area contributed by atoms with E-state index in [0.717, 1.165) is 47.7 Å². The Morgan fingerprint density at radius 2 is 2.05 bits per heavy atom. The SMILES string of the molecule is OCC1(CNC2CCN(c3cccc(Br)c3Cl)CC2)CCC1. The van der Waals surface area contributed by atoms with Crippen LogP contribution in [0.1, 0.15) is 32.1 Å². The second kappa shape index (κ2) is 7.08. The van der Waals surface area contributed by atoms with E-state index in [4.69, 9.17) is 11.6 Å². The Labute approximate surface area is 146 Å². The quantitative estimate of drug-likeness (QED) is 0.806. The lowest BCUT2D eigenvalue weighted by Gasteiger charge is -2.42. The van der Waals surface area contributed by atoms with Gasteiger partial charge in [-0.2, -0.15) is 0 Å².